The molecule has 102 valence electrons. The maximum atomic E-state index is 5.85. The summed E-state index contributed by atoms with van der Waals surface area (Å²) in [6.07, 6.45) is 0.126. The van der Waals surface area contributed by atoms with E-state index < -0.39 is 0 Å². The maximum Gasteiger partial charge on any atom is 0.123 e. The van der Waals surface area contributed by atoms with Crippen molar-refractivity contribution in [2.75, 3.05) is 26.2 Å². The second-order valence-electron chi connectivity index (χ2n) is 4.97. The van der Waals surface area contributed by atoms with Crippen molar-refractivity contribution in [1.82, 2.24) is 9.88 Å². The lowest BCUT2D eigenvalue weighted by molar-refractivity contribution is -0.0283. The van der Waals surface area contributed by atoms with Crippen molar-refractivity contribution >= 4 is 11.3 Å². The number of thiazole rings is 1. The van der Waals surface area contributed by atoms with Crippen molar-refractivity contribution < 1.29 is 4.74 Å². The zero-order chi connectivity index (χ0) is 13.1. The molecule has 1 fully saturated rings. The first kappa shape index (κ1) is 13.9. The fourth-order valence-electron chi connectivity index (χ4n) is 2.26. The monoisotopic (exact) mass is 269 g/mol. The summed E-state index contributed by atoms with van der Waals surface area (Å²) in [7, 11) is 0. The number of nitrogens with zero attached hydrogens (tertiary/aromatic N) is 2. The molecule has 1 unspecified atom stereocenters. The highest BCUT2D eigenvalue weighted by atomic mass is 32.1. The summed E-state index contributed by atoms with van der Waals surface area (Å²) in [6, 6.07) is 0. The molecule has 4 nitrogen and oxygen atoms in total. The van der Waals surface area contributed by atoms with Crippen LogP contribution in [0.4, 0.5) is 0 Å². The quantitative estimate of drug-likeness (QED) is 0.909. The molecule has 1 saturated heterocycles. The van der Waals surface area contributed by atoms with Crippen molar-refractivity contribution in [1.29, 1.82) is 0 Å². The second-order valence-corrected chi connectivity index (χ2v) is 6.09. The van der Waals surface area contributed by atoms with E-state index in [1.165, 1.54) is 4.88 Å². The van der Waals surface area contributed by atoms with E-state index in [4.69, 9.17) is 15.5 Å². The summed E-state index contributed by atoms with van der Waals surface area (Å²) >= 11 is 1.72. The Balaban J connectivity index is 2.17. The molecule has 2 rings (SSSR count). The van der Waals surface area contributed by atoms with Crippen LogP contribution in [0.15, 0.2) is 0 Å². The molecule has 2 heterocycles. The summed E-state index contributed by atoms with van der Waals surface area (Å²) in [4.78, 5) is 8.38. The van der Waals surface area contributed by atoms with Gasteiger partial charge in [0.15, 0.2) is 0 Å². The highest BCUT2D eigenvalue weighted by Crippen LogP contribution is 2.31. The number of hydrogen-bond acceptors (Lipinski definition) is 5. The summed E-state index contributed by atoms with van der Waals surface area (Å²) < 4.78 is 5.85. The van der Waals surface area contributed by atoms with Gasteiger partial charge in [-0.25, -0.2) is 4.98 Å². The van der Waals surface area contributed by atoms with Crippen LogP contribution in [-0.2, 0) is 11.3 Å². The van der Waals surface area contributed by atoms with Gasteiger partial charge in [0.05, 0.1) is 12.3 Å². The van der Waals surface area contributed by atoms with Crippen LogP contribution in [0.1, 0.15) is 48.4 Å². The number of hydrogen-bond donors (Lipinski definition) is 1. The lowest BCUT2D eigenvalue weighted by Gasteiger charge is -2.30. The Morgan fingerprint density at radius 1 is 1.56 bits per heavy atom. The molecule has 0 bridgehead atoms. The van der Waals surface area contributed by atoms with Gasteiger partial charge in [-0.2, -0.15) is 0 Å². The van der Waals surface area contributed by atoms with E-state index in [0.717, 1.165) is 36.9 Å². The lowest BCUT2D eigenvalue weighted by atomic mass is 10.1. The van der Waals surface area contributed by atoms with Crippen LogP contribution in [0.5, 0.6) is 0 Å². The van der Waals surface area contributed by atoms with Crippen molar-refractivity contribution in [3.05, 3.63) is 15.6 Å². The van der Waals surface area contributed by atoms with Crippen molar-refractivity contribution in [2.24, 2.45) is 5.73 Å². The molecule has 0 radical (unpaired) electrons. The molecule has 1 aromatic rings. The van der Waals surface area contributed by atoms with Gasteiger partial charge in [-0.1, -0.05) is 20.8 Å². The van der Waals surface area contributed by atoms with E-state index in [9.17, 15) is 0 Å². The van der Waals surface area contributed by atoms with Crippen LogP contribution in [0, 0.1) is 0 Å². The first-order valence-electron chi connectivity index (χ1n) is 6.69. The highest BCUT2D eigenvalue weighted by molar-refractivity contribution is 7.11. The minimum atomic E-state index is 0.126. The Morgan fingerprint density at radius 3 is 2.89 bits per heavy atom. The summed E-state index contributed by atoms with van der Waals surface area (Å²) in [5.41, 5.74) is 6.95. The Kier molecular flexibility index (Phi) is 4.72. The molecule has 0 amide bonds. The first-order valence-corrected chi connectivity index (χ1v) is 7.50. The van der Waals surface area contributed by atoms with E-state index in [1.54, 1.807) is 11.3 Å². The number of morpholine rings is 1. The summed E-state index contributed by atoms with van der Waals surface area (Å²) in [5.74, 6) is 0.430. The Morgan fingerprint density at radius 2 is 2.33 bits per heavy atom. The van der Waals surface area contributed by atoms with Crippen molar-refractivity contribution in [2.45, 2.75) is 39.3 Å². The molecule has 0 spiro atoms. The third kappa shape index (κ3) is 2.91. The number of aromatic nitrogens is 1. The number of ether oxygens (including phenoxy) is 1. The minimum absolute atomic E-state index is 0.126. The third-order valence-electron chi connectivity index (χ3n) is 3.35. The predicted octanol–water partition coefficient (Wildman–Crippen LogP) is 2.12. The van der Waals surface area contributed by atoms with Crippen LogP contribution in [0.25, 0.3) is 0 Å². The topological polar surface area (TPSA) is 51.4 Å². The van der Waals surface area contributed by atoms with Gasteiger partial charge < -0.3 is 10.5 Å². The molecule has 5 heteroatoms. The van der Waals surface area contributed by atoms with Gasteiger partial charge in [-0.3, -0.25) is 4.90 Å². The Bertz CT molecular complexity index is 392. The Labute approximate surface area is 113 Å². The van der Waals surface area contributed by atoms with Crippen LogP contribution in [0.3, 0.4) is 0 Å². The zero-order valence-electron chi connectivity index (χ0n) is 11.5. The SMILES string of the molecule is CCN1CCOC(c2nc(C(C)C)c(CN)s2)C1. The van der Waals surface area contributed by atoms with Gasteiger partial charge in [-0.15, -0.1) is 11.3 Å². The normalized spacial score (nSPS) is 21.7. The van der Waals surface area contributed by atoms with Gasteiger partial charge in [0.2, 0.25) is 0 Å². The van der Waals surface area contributed by atoms with Crippen LogP contribution in [0.2, 0.25) is 0 Å². The van der Waals surface area contributed by atoms with Crippen molar-refractivity contribution in [3.63, 3.8) is 0 Å². The van der Waals surface area contributed by atoms with E-state index in [2.05, 4.69) is 25.7 Å². The molecule has 0 aromatic carbocycles. The van der Waals surface area contributed by atoms with Crippen LogP contribution < -0.4 is 5.73 Å². The average molecular weight is 269 g/mol. The molecule has 1 atom stereocenters. The van der Waals surface area contributed by atoms with Crippen LogP contribution >= 0.6 is 11.3 Å². The fourth-order valence-corrected chi connectivity index (χ4v) is 3.40. The molecular formula is C13H23N3OS. The molecule has 1 aromatic heterocycles. The standard InChI is InChI=1S/C13H23N3OS/c1-4-16-5-6-17-10(8-16)13-15-12(9(2)3)11(7-14)18-13/h9-10H,4-8,14H2,1-3H3. The molecule has 1 aliphatic heterocycles. The molecule has 0 saturated carbocycles. The molecule has 1 aliphatic rings. The van der Waals surface area contributed by atoms with Crippen LogP contribution in [-0.4, -0.2) is 36.1 Å². The smallest absolute Gasteiger partial charge is 0.123 e. The van der Waals surface area contributed by atoms with Gasteiger partial charge in [0.25, 0.3) is 0 Å². The minimum Gasteiger partial charge on any atom is -0.368 e. The molecule has 2 N–H and O–H groups in total. The molecule has 18 heavy (non-hydrogen) atoms. The first-order chi connectivity index (χ1) is 8.65. The Hall–Kier alpha value is -0.490. The van der Waals surface area contributed by atoms with E-state index in [-0.39, 0.29) is 6.10 Å². The second kappa shape index (κ2) is 6.10. The van der Waals surface area contributed by atoms with Gasteiger partial charge in [0, 0.05) is 24.5 Å². The average Bonchev–Trinajstić information content (AvgIpc) is 2.83. The van der Waals surface area contributed by atoms with E-state index in [1.807, 2.05) is 0 Å². The maximum absolute atomic E-state index is 5.85. The number of nitrogens with two attached hydrogens (primary N) is 1. The molecule has 0 aliphatic carbocycles. The highest BCUT2D eigenvalue weighted by Gasteiger charge is 2.25. The van der Waals surface area contributed by atoms with E-state index in [0.29, 0.717) is 12.5 Å². The summed E-state index contributed by atoms with van der Waals surface area (Å²) in [6.45, 7) is 10.9. The lowest BCUT2D eigenvalue weighted by Crippen LogP contribution is -2.38. The number of rotatable bonds is 4. The third-order valence-corrected chi connectivity index (χ3v) is 4.54. The van der Waals surface area contributed by atoms with Gasteiger partial charge in [-0.05, 0) is 12.5 Å². The van der Waals surface area contributed by atoms with Gasteiger partial charge in [0.1, 0.15) is 11.1 Å². The number of likely N-dealkylation sites (N-methyl/N-ethyl adjacent to an activating group) is 1. The largest absolute Gasteiger partial charge is 0.368 e. The zero-order valence-corrected chi connectivity index (χ0v) is 12.3. The molecular weight excluding hydrogens is 246 g/mol. The van der Waals surface area contributed by atoms with Crippen molar-refractivity contribution in [3.8, 4) is 0 Å². The summed E-state index contributed by atoms with van der Waals surface area (Å²) in [5, 5.41) is 1.09. The van der Waals surface area contributed by atoms with E-state index >= 15 is 0 Å². The van der Waals surface area contributed by atoms with Gasteiger partial charge >= 0.3 is 0 Å². The predicted molar refractivity (Wildman–Crippen MR) is 74.9 cm³/mol. The fraction of sp³-hybridized carbons (Fsp3) is 0.769.